The van der Waals surface area contributed by atoms with Crippen molar-refractivity contribution in [2.24, 2.45) is 0 Å². The summed E-state index contributed by atoms with van der Waals surface area (Å²) in [4.78, 5) is 21.4. The highest BCUT2D eigenvalue weighted by molar-refractivity contribution is 6.21. The zero-order chi connectivity index (χ0) is 6.85. The maximum absolute atomic E-state index is 10.7. The average molecular weight is 140 g/mol. The Morgan fingerprint density at radius 2 is 1.50 bits per heavy atom. The zero-order valence-electron chi connectivity index (χ0n) is 5.14. The van der Waals surface area contributed by atoms with Gasteiger partial charge in [-0.05, 0) is 6.42 Å². The van der Waals surface area contributed by atoms with Gasteiger partial charge in [0.1, 0.15) is 0 Å². The Balaban J connectivity index is 0.000000810. The van der Waals surface area contributed by atoms with Gasteiger partial charge in [-0.15, -0.1) is 0 Å². The summed E-state index contributed by atoms with van der Waals surface area (Å²) >= 11 is 0. The molecule has 0 aromatic heterocycles. The minimum Gasteiger partial charge on any atom is -0.294 e. The second-order valence-corrected chi connectivity index (χ2v) is 2.18. The van der Waals surface area contributed by atoms with Crippen LogP contribution in [-0.4, -0.2) is 11.6 Å². The van der Waals surface area contributed by atoms with E-state index in [1.54, 1.807) is 0 Å². The largest absolute Gasteiger partial charge is 0.294 e. The zero-order valence-corrected chi connectivity index (χ0v) is 5.14. The molecule has 1 rings (SSSR count). The van der Waals surface area contributed by atoms with Crippen molar-refractivity contribution in [3.63, 3.8) is 0 Å². The number of carbonyl (C=O) groups is 2. The molecule has 1 aliphatic rings. The molecular weight excluding hydrogens is 128 g/mol. The van der Waals surface area contributed by atoms with E-state index in [4.69, 9.17) is 0 Å². The lowest BCUT2D eigenvalue weighted by atomic mass is 9.94. The maximum Gasteiger partial charge on any atom is 0.165 e. The van der Waals surface area contributed by atoms with E-state index in [0.717, 1.165) is 0 Å². The molecule has 1 saturated carbocycles. The van der Waals surface area contributed by atoms with Crippen LogP contribution < -0.4 is 0 Å². The van der Waals surface area contributed by atoms with E-state index in [1.807, 2.05) is 0 Å². The minimum absolute atomic E-state index is 0. The van der Waals surface area contributed by atoms with Crippen LogP contribution >= 0.6 is 0 Å². The fraction of sp³-hybridized carbons (Fsp3) is 0.500. The van der Waals surface area contributed by atoms with Gasteiger partial charge < -0.3 is 0 Å². The van der Waals surface area contributed by atoms with Crippen LogP contribution in [-0.2, 0) is 9.59 Å². The van der Waals surface area contributed by atoms with Crippen LogP contribution in [0, 0.1) is 0 Å². The van der Waals surface area contributed by atoms with Crippen molar-refractivity contribution in [2.75, 3.05) is 0 Å². The fourth-order valence-corrected chi connectivity index (χ4v) is 0.867. The van der Waals surface area contributed by atoms with Gasteiger partial charge in [0.25, 0.3) is 0 Å². The third-order valence-corrected chi connectivity index (χ3v) is 1.48. The first-order chi connectivity index (χ1) is 4.22. The molecular formula is C8H12O2. The quantitative estimate of drug-likeness (QED) is 0.377. The summed E-state index contributed by atoms with van der Waals surface area (Å²) in [6, 6.07) is 0. The van der Waals surface area contributed by atoms with Gasteiger partial charge in [0.15, 0.2) is 11.6 Å². The number of rotatable bonds is 0. The van der Waals surface area contributed by atoms with E-state index in [0.29, 0.717) is 19.3 Å². The van der Waals surface area contributed by atoms with Gasteiger partial charge in [0, 0.05) is 12.8 Å². The molecule has 0 heterocycles. The molecule has 0 aromatic rings. The molecule has 0 bridgehead atoms. The number of hydrogen-bond donors (Lipinski definition) is 0. The molecule has 1 aliphatic carbocycles. The molecule has 10 heavy (non-hydrogen) atoms. The molecule has 0 unspecified atom stereocenters. The lowest BCUT2D eigenvalue weighted by molar-refractivity contribution is -0.123. The smallest absolute Gasteiger partial charge is 0.165 e. The Hall–Kier alpha value is -0.920. The highest BCUT2D eigenvalue weighted by atomic mass is 16.1. The van der Waals surface area contributed by atoms with Crippen molar-refractivity contribution < 1.29 is 9.59 Å². The number of hydrogen-bond acceptors (Lipinski definition) is 2. The maximum atomic E-state index is 10.7. The molecule has 0 amide bonds. The van der Waals surface area contributed by atoms with Gasteiger partial charge in [-0.2, -0.15) is 0 Å². The molecule has 2 nitrogen and oxygen atoms in total. The molecule has 2 heteroatoms. The predicted octanol–water partition coefficient (Wildman–Crippen LogP) is 1.50. The van der Waals surface area contributed by atoms with E-state index >= 15 is 0 Å². The lowest BCUT2D eigenvalue weighted by Gasteiger charge is -2.08. The summed E-state index contributed by atoms with van der Waals surface area (Å²) in [5, 5.41) is 0. The highest BCUT2D eigenvalue weighted by Gasteiger charge is 2.19. The first-order valence-corrected chi connectivity index (χ1v) is 2.97. The normalized spacial score (nSPS) is 18.6. The van der Waals surface area contributed by atoms with Gasteiger partial charge in [-0.25, -0.2) is 0 Å². The van der Waals surface area contributed by atoms with Crippen molar-refractivity contribution in [1.82, 2.24) is 0 Å². The molecule has 56 valence electrons. The molecule has 0 N–H and O–H groups in total. The Morgan fingerprint density at radius 1 is 1.10 bits per heavy atom. The minimum atomic E-state index is -0.0775. The van der Waals surface area contributed by atoms with E-state index in [2.05, 4.69) is 6.58 Å². The summed E-state index contributed by atoms with van der Waals surface area (Å²) < 4.78 is 0. The predicted molar refractivity (Wildman–Crippen MR) is 39.7 cm³/mol. The Labute approximate surface area is 60.9 Å². The third kappa shape index (κ3) is 1.53. The van der Waals surface area contributed by atoms with Crippen LogP contribution in [0.2, 0.25) is 0 Å². The Morgan fingerprint density at radius 3 is 1.80 bits per heavy atom. The van der Waals surface area contributed by atoms with Crippen LogP contribution in [0.3, 0.4) is 0 Å². The third-order valence-electron chi connectivity index (χ3n) is 1.48. The van der Waals surface area contributed by atoms with Crippen LogP contribution in [0.5, 0.6) is 0 Å². The number of carbonyl (C=O) groups excluding carboxylic acids is 2. The van der Waals surface area contributed by atoms with Crippen molar-refractivity contribution in [1.29, 1.82) is 0 Å². The standard InChI is InChI=1S/C7H8O2.CH4/c1-5-6(8)3-2-4-7(5)9;/h1-4H2;1H4. The fourth-order valence-electron chi connectivity index (χ4n) is 0.867. The van der Waals surface area contributed by atoms with E-state index in [-0.39, 0.29) is 24.6 Å². The van der Waals surface area contributed by atoms with Crippen LogP contribution in [0.4, 0.5) is 0 Å². The molecule has 0 atom stereocenters. The first kappa shape index (κ1) is 9.08. The van der Waals surface area contributed by atoms with E-state index in [1.165, 1.54) is 0 Å². The van der Waals surface area contributed by atoms with Crippen molar-refractivity contribution in [2.45, 2.75) is 26.7 Å². The van der Waals surface area contributed by atoms with Crippen LogP contribution in [0.15, 0.2) is 12.2 Å². The SMILES string of the molecule is C.C=C1C(=O)CCCC1=O. The summed E-state index contributed by atoms with van der Waals surface area (Å²) in [5.41, 5.74) is 0.196. The van der Waals surface area contributed by atoms with Crippen molar-refractivity contribution in [3.8, 4) is 0 Å². The second-order valence-electron chi connectivity index (χ2n) is 2.18. The highest BCUT2D eigenvalue weighted by Crippen LogP contribution is 2.13. The summed E-state index contributed by atoms with van der Waals surface area (Å²) in [7, 11) is 0. The molecule has 0 saturated heterocycles. The van der Waals surface area contributed by atoms with Crippen molar-refractivity contribution in [3.05, 3.63) is 12.2 Å². The van der Waals surface area contributed by atoms with Gasteiger partial charge in [-0.1, -0.05) is 14.0 Å². The molecule has 0 spiro atoms. The summed E-state index contributed by atoms with van der Waals surface area (Å²) in [5.74, 6) is -0.155. The monoisotopic (exact) mass is 140 g/mol. The first-order valence-electron chi connectivity index (χ1n) is 2.97. The molecule has 0 aromatic carbocycles. The van der Waals surface area contributed by atoms with Crippen LogP contribution in [0.1, 0.15) is 26.7 Å². The lowest BCUT2D eigenvalue weighted by Crippen LogP contribution is -2.17. The number of allylic oxidation sites excluding steroid dienone is 1. The summed E-state index contributed by atoms with van der Waals surface area (Å²) in [6.07, 6.45) is 1.71. The number of Topliss-reactive ketones (excluding diaryl/α,β-unsaturated/α-hetero) is 2. The Bertz CT molecular complexity index is 162. The van der Waals surface area contributed by atoms with Gasteiger partial charge in [0.2, 0.25) is 0 Å². The van der Waals surface area contributed by atoms with Gasteiger partial charge in [0.05, 0.1) is 5.57 Å². The van der Waals surface area contributed by atoms with Crippen LogP contribution in [0.25, 0.3) is 0 Å². The Kier molecular flexibility index (Phi) is 3.00. The molecule has 0 aliphatic heterocycles. The summed E-state index contributed by atoms with van der Waals surface area (Å²) in [6.45, 7) is 3.38. The number of ketones is 2. The molecule has 0 radical (unpaired) electrons. The molecule has 1 fully saturated rings. The topological polar surface area (TPSA) is 34.1 Å². The van der Waals surface area contributed by atoms with Gasteiger partial charge >= 0.3 is 0 Å². The average Bonchev–Trinajstić information content (AvgIpc) is 1.83. The van der Waals surface area contributed by atoms with Gasteiger partial charge in [-0.3, -0.25) is 9.59 Å². The van der Waals surface area contributed by atoms with E-state index < -0.39 is 0 Å². The second kappa shape index (κ2) is 3.30. The van der Waals surface area contributed by atoms with E-state index in [9.17, 15) is 9.59 Å². The van der Waals surface area contributed by atoms with Crippen molar-refractivity contribution >= 4 is 11.6 Å².